The van der Waals surface area contributed by atoms with E-state index in [4.69, 9.17) is 14.2 Å². The lowest BCUT2D eigenvalue weighted by Gasteiger charge is -2.49. The van der Waals surface area contributed by atoms with Gasteiger partial charge in [0.2, 0.25) is 5.75 Å². The Morgan fingerprint density at radius 3 is 2.32 bits per heavy atom. The van der Waals surface area contributed by atoms with E-state index in [0.717, 1.165) is 36.5 Å². The Bertz CT molecular complexity index is 659. The van der Waals surface area contributed by atoms with Crippen molar-refractivity contribution in [3.8, 4) is 17.2 Å². The zero-order valence-electron chi connectivity index (χ0n) is 17.8. The number of nitrogens with zero attached hydrogens (tertiary/aromatic N) is 2. The molecule has 1 aromatic rings. The van der Waals surface area contributed by atoms with Crippen LogP contribution in [0.3, 0.4) is 0 Å². The van der Waals surface area contributed by atoms with E-state index in [0.29, 0.717) is 11.8 Å². The maximum Gasteiger partial charge on any atom is 0.203 e. The Balaban J connectivity index is 1.61. The number of rotatable bonds is 6. The molecule has 0 amide bonds. The van der Waals surface area contributed by atoms with Crippen molar-refractivity contribution in [3.05, 3.63) is 17.7 Å². The molecule has 28 heavy (non-hydrogen) atoms. The van der Waals surface area contributed by atoms with Gasteiger partial charge in [0, 0.05) is 37.3 Å². The third kappa shape index (κ3) is 3.71. The number of ether oxygens (including phenoxy) is 3. The molecule has 1 aliphatic carbocycles. The molecule has 1 saturated carbocycles. The highest BCUT2D eigenvalue weighted by atomic mass is 16.5. The number of benzene rings is 1. The standard InChI is InChI=1S/C23H36N2O3/c1-26-20-12-11-18(22(27-2)23(20)28-3)16-25-15-14-24-13-7-10-19(24)21(25)17-8-5-4-6-9-17/h11-12,17,19,21H,4-10,13-16H2,1-3H3/t19-,21-/m1/s1. The van der Waals surface area contributed by atoms with Gasteiger partial charge in [-0.3, -0.25) is 9.80 Å². The average Bonchev–Trinajstić information content (AvgIpc) is 3.22. The molecule has 5 heteroatoms. The van der Waals surface area contributed by atoms with Gasteiger partial charge < -0.3 is 14.2 Å². The summed E-state index contributed by atoms with van der Waals surface area (Å²) in [6, 6.07) is 5.58. The highest BCUT2D eigenvalue weighted by Gasteiger charge is 2.43. The minimum Gasteiger partial charge on any atom is -0.493 e. The predicted molar refractivity (Wildman–Crippen MR) is 111 cm³/mol. The van der Waals surface area contributed by atoms with Gasteiger partial charge >= 0.3 is 0 Å². The molecular weight excluding hydrogens is 352 g/mol. The fourth-order valence-corrected chi connectivity index (χ4v) is 5.94. The molecule has 2 saturated heterocycles. The van der Waals surface area contributed by atoms with Crippen LogP contribution < -0.4 is 14.2 Å². The lowest BCUT2D eigenvalue weighted by atomic mass is 9.78. The van der Waals surface area contributed by atoms with Gasteiger partial charge in [0.25, 0.3) is 0 Å². The molecule has 1 aromatic carbocycles. The minimum absolute atomic E-state index is 0.675. The van der Waals surface area contributed by atoms with Crippen molar-refractivity contribution in [1.82, 2.24) is 9.80 Å². The summed E-state index contributed by atoms with van der Waals surface area (Å²) in [4.78, 5) is 5.52. The summed E-state index contributed by atoms with van der Waals surface area (Å²) in [6.07, 6.45) is 9.75. The third-order valence-corrected chi connectivity index (χ3v) is 7.20. The summed E-state index contributed by atoms with van der Waals surface area (Å²) in [7, 11) is 5.09. The first kappa shape index (κ1) is 19.8. The Labute approximate surface area is 169 Å². The van der Waals surface area contributed by atoms with Gasteiger partial charge in [-0.15, -0.1) is 0 Å². The normalized spacial score (nSPS) is 26.8. The fraction of sp³-hybridized carbons (Fsp3) is 0.739. The summed E-state index contributed by atoms with van der Waals surface area (Å²) in [6.45, 7) is 4.56. The van der Waals surface area contributed by atoms with E-state index >= 15 is 0 Å². The Morgan fingerprint density at radius 2 is 1.61 bits per heavy atom. The van der Waals surface area contributed by atoms with Crippen molar-refractivity contribution in [3.63, 3.8) is 0 Å². The highest BCUT2D eigenvalue weighted by Crippen LogP contribution is 2.42. The quantitative estimate of drug-likeness (QED) is 0.737. The molecule has 2 atom stereocenters. The predicted octanol–water partition coefficient (Wildman–Crippen LogP) is 3.94. The number of piperazine rings is 1. The number of methoxy groups -OCH3 is 3. The van der Waals surface area contributed by atoms with Crippen LogP contribution in [0.4, 0.5) is 0 Å². The first-order valence-electron chi connectivity index (χ1n) is 11.0. The molecule has 2 heterocycles. The lowest BCUT2D eigenvalue weighted by molar-refractivity contribution is -0.00417. The van der Waals surface area contributed by atoms with Crippen molar-refractivity contribution in [1.29, 1.82) is 0 Å². The highest BCUT2D eigenvalue weighted by molar-refractivity contribution is 5.55. The minimum atomic E-state index is 0.675. The topological polar surface area (TPSA) is 34.2 Å². The number of hydrogen-bond acceptors (Lipinski definition) is 5. The summed E-state index contributed by atoms with van der Waals surface area (Å²) < 4.78 is 16.9. The average molecular weight is 389 g/mol. The van der Waals surface area contributed by atoms with Crippen LogP contribution in [0, 0.1) is 5.92 Å². The third-order valence-electron chi connectivity index (χ3n) is 7.20. The van der Waals surface area contributed by atoms with Crippen LogP contribution in [0.2, 0.25) is 0 Å². The van der Waals surface area contributed by atoms with E-state index in [9.17, 15) is 0 Å². The molecule has 0 N–H and O–H groups in total. The molecule has 0 unspecified atom stereocenters. The molecule has 156 valence electrons. The monoisotopic (exact) mass is 388 g/mol. The van der Waals surface area contributed by atoms with Gasteiger partial charge in [0.05, 0.1) is 21.3 Å². The molecule has 0 aromatic heterocycles. The van der Waals surface area contributed by atoms with E-state index in [2.05, 4.69) is 15.9 Å². The van der Waals surface area contributed by atoms with E-state index < -0.39 is 0 Å². The summed E-state index contributed by atoms with van der Waals surface area (Å²) in [5.41, 5.74) is 1.20. The maximum absolute atomic E-state index is 5.78. The zero-order chi connectivity index (χ0) is 19.5. The Morgan fingerprint density at radius 1 is 0.821 bits per heavy atom. The molecule has 0 bridgehead atoms. The first-order chi connectivity index (χ1) is 13.8. The van der Waals surface area contributed by atoms with Crippen molar-refractivity contribution >= 4 is 0 Å². The molecule has 5 nitrogen and oxygen atoms in total. The van der Waals surface area contributed by atoms with E-state index in [1.54, 1.807) is 21.3 Å². The van der Waals surface area contributed by atoms with Gasteiger partial charge in [-0.25, -0.2) is 0 Å². The van der Waals surface area contributed by atoms with Crippen molar-refractivity contribution in [2.45, 2.75) is 63.6 Å². The second-order valence-electron chi connectivity index (χ2n) is 8.60. The van der Waals surface area contributed by atoms with Crippen LogP contribution in [-0.2, 0) is 6.54 Å². The second kappa shape index (κ2) is 8.91. The molecule has 3 fully saturated rings. The second-order valence-corrected chi connectivity index (χ2v) is 8.60. The molecule has 3 aliphatic rings. The smallest absolute Gasteiger partial charge is 0.203 e. The van der Waals surface area contributed by atoms with Gasteiger partial charge in [0.15, 0.2) is 11.5 Å². The SMILES string of the molecule is COc1ccc(CN2CCN3CCC[C@@H]3[C@H]2C2CCCCC2)c(OC)c1OC. The van der Waals surface area contributed by atoms with Crippen LogP contribution >= 0.6 is 0 Å². The molecule has 0 spiro atoms. The Kier molecular flexibility index (Phi) is 6.32. The van der Waals surface area contributed by atoms with Crippen LogP contribution in [0.25, 0.3) is 0 Å². The van der Waals surface area contributed by atoms with Gasteiger partial charge in [-0.1, -0.05) is 25.3 Å². The first-order valence-corrected chi connectivity index (χ1v) is 11.0. The zero-order valence-corrected chi connectivity index (χ0v) is 17.8. The molecule has 0 radical (unpaired) electrons. The van der Waals surface area contributed by atoms with Crippen LogP contribution in [0.15, 0.2) is 12.1 Å². The number of fused-ring (bicyclic) bond motifs is 1. The summed E-state index contributed by atoms with van der Waals surface area (Å²) >= 11 is 0. The van der Waals surface area contributed by atoms with E-state index in [1.807, 2.05) is 6.07 Å². The van der Waals surface area contributed by atoms with Crippen LogP contribution in [0.1, 0.15) is 50.5 Å². The lowest BCUT2D eigenvalue weighted by Crippen LogP contribution is -2.59. The van der Waals surface area contributed by atoms with Crippen LogP contribution in [-0.4, -0.2) is 62.8 Å². The number of hydrogen-bond donors (Lipinski definition) is 0. The Hall–Kier alpha value is -1.46. The summed E-state index contributed by atoms with van der Waals surface area (Å²) in [5, 5.41) is 0. The van der Waals surface area contributed by atoms with E-state index in [-0.39, 0.29) is 0 Å². The molecule has 4 rings (SSSR count). The van der Waals surface area contributed by atoms with Gasteiger partial charge in [-0.05, 0) is 44.2 Å². The molecule has 2 aliphatic heterocycles. The molecular formula is C23H36N2O3. The van der Waals surface area contributed by atoms with Crippen molar-refractivity contribution in [2.75, 3.05) is 41.0 Å². The maximum atomic E-state index is 5.78. The fourth-order valence-electron chi connectivity index (χ4n) is 5.94. The van der Waals surface area contributed by atoms with Crippen molar-refractivity contribution in [2.24, 2.45) is 5.92 Å². The van der Waals surface area contributed by atoms with E-state index in [1.165, 1.54) is 63.6 Å². The van der Waals surface area contributed by atoms with Gasteiger partial charge in [0.1, 0.15) is 0 Å². The van der Waals surface area contributed by atoms with Gasteiger partial charge in [-0.2, -0.15) is 0 Å². The summed E-state index contributed by atoms with van der Waals surface area (Å²) in [5.74, 6) is 3.09. The van der Waals surface area contributed by atoms with Crippen molar-refractivity contribution < 1.29 is 14.2 Å². The van der Waals surface area contributed by atoms with Crippen LogP contribution in [0.5, 0.6) is 17.2 Å². The largest absolute Gasteiger partial charge is 0.493 e.